The van der Waals surface area contributed by atoms with Gasteiger partial charge in [0.05, 0.1) is 41.2 Å². The van der Waals surface area contributed by atoms with Gasteiger partial charge in [0.2, 0.25) is 0 Å². The molecule has 226 valence electrons. The Morgan fingerprint density at radius 3 is 2.48 bits per heavy atom. The van der Waals surface area contributed by atoms with E-state index in [2.05, 4.69) is 43.9 Å². The Hall–Kier alpha value is -4.50. The zero-order valence-electron chi connectivity index (χ0n) is 25.6. The molecule has 4 atom stereocenters. The maximum absolute atomic E-state index is 11.6. The Bertz CT molecular complexity index is 1860. The van der Waals surface area contributed by atoms with Crippen molar-refractivity contribution in [3.63, 3.8) is 0 Å². The van der Waals surface area contributed by atoms with Gasteiger partial charge < -0.3 is 15.1 Å². The smallest absolute Gasteiger partial charge is 0.306 e. The summed E-state index contributed by atoms with van der Waals surface area (Å²) in [5, 5.41) is 31.4. The molecule has 2 aromatic carbocycles. The second-order valence-electron chi connectivity index (χ2n) is 12.7. The van der Waals surface area contributed by atoms with E-state index in [9.17, 15) is 15.0 Å². The lowest BCUT2D eigenvalue weighted by Gasteiger charge is -2.31. The number of rotatable bonds is 8. The monoisotopic (exact) mass is 590 g/mol. The van der Waals surface area contributed by atoms with Crippen molar-refractivity contribution in [1.29, 1.82) is 0 Å². The van der Waals surface area contributed by atoms with E-state index in [-0.39, 0.29) is 23.8 Å². The molecule has 0 spiro atoms. The summed E-state index contributed by atoms with van der Waals surface area (Å²) in [5.41, 5.74) is 7.71. The average molecular weight is 591 g/mol. The van der Waals surface area contributed by atoms with Crippen LogP contribution in [0.15, 0.2) is 66.9 Å². The summed E-state index contributed by atoms with van der Waals surface area (Å²) in [5.74, 6) is 0.431. The van der Waals surface area contributed by atoms with E-state index in [1.54, 1.807) is 0 Å². The fourth-order valence-corrected chi connectivity index (χ4v) is 7.45. The van der Waals surface area contributed by atoms with Gasteiger partial charge in [-0.3, -0.25) is 9.48 Å². The van der Waals surface area contributed by atoms with Crippen molar-refractivity contribution >= 4 is 22.7 Å². The van der Waals surface area contributed by atoms with Gasteiger partial charge in [0.15, 0.2) is 0 Å². The van der Waals surface area contributed by atoms with Crippen molar-refractivity contribution in [2.75, 3.05) is 11.4 Å². The van der Waals surface area contributed by atoms with E-state index >= 15 is 0 Å². The number of pyridine rings is 1. The minimum Gasteiger partial charge on any atom is -0.481 e. The summed E-state index contributed by atoms with van der Waals surface area (Å²) >= 11 is 0. The third-order valence-corrected chi connectivity index (χ3v) is 9.56. The molecule has 1 aliphatic heterocycles. The molecule has 4 unspecified atom stereocenters. The number of piperidine rings is 1. The number of anilines is 1. The number of aryl methyl sites for hydroxylation is 1. The second-order valence-corrected chi connectivity index (χ2v) is 12.7. The average Bonchev–Trinajstić information content (AvgIpc) is 3.79. The standard InChI is InChI=1S/C35H38N6O3/c1-20(2)33-22(4)41(30-13-14-32(36-21(30)3)40-17-24-15-25(40)16-27(24)35(43)44)38-34(33)26-11-8-12-29-28(26)18-39(37-29)19-31(42)23-9-6-5-7-10-23/h5-14,18,20,24-25,27,31,42H,15-17,19H2,1-4H3,(H,43,44). The zero-order valence-corrected chi connectivity index (χ0v) is 25.6. The SMILES string of the molecule is Cc1nc(N2CC3CC2CC3C(=O)O)ccc1-n1nc(-c2cccc3nn(CC(O)c4ccccc4)cc23)c(C(C)C)c1C. The largest absolute Gasteiger partial charge is 0.481 e. The number of benzene rings is 2. The third kappa shape index (κ3) is 4.76. The van der Waals surface area contributed by atoms with Gasteiger partial charge in [-0.1, -0.05) is 56.3 Å². The minimum atomic E-state index is -0.671. The molecule has 1 saturated carbocycles. The molecule has 5 aromatic rings. The number of carboxylic acid groups (broad SMARTS) is 1. The van der Waals surface area contributed by atoms with Gasteiger partial charge >= 0.3 is 5.97 Å². The maximum atomic E-state index is 11.6. The molecule has 2 bridgehead atoms. The first kappa shape index (κ1) is 28.3. The van der Waals surface area contributed by atoms with Crippen LogP contribution >= 0.6 is 0 Å². The number of aliphatic hydroxyl groups excluding tert-OH is 1. The molecule has 2 fully saturated rings. The van der Waals surface area contributed by atoms with Crippen molar-refractivity contribution in [2.45, 2.75) is 65.1 Å². The van der Waals surface area contributed by atoms with Gasteiger partial charge in [-0.05, 0) is 62.3 Å². The first-order chi connectivity index (χ1) is 21.2. The normalized spacial score (nSPS) is 20.2. The quantitative estimate of drug-likeness (QED) is 0.226. The summed E-state index contributed by atoms with van der Waals surface area (Å²) in [6.07, 6.45) is 2.96. The van der Waals surface area contributed by atoms with Crippen molar-refractivity contribution in [2.24, 2.45) is 11.8 Å². The number of carboxylic acids is 1. The summed E-state index contributed by atoms with van der Waals surface area (Å²) in [7, 11) is 0. The van der Waals surface area contributed by atoms with Crippen molar-refractivity contribution < 1.29 is 15.0 Å². The van der Waals surface area contributed by atoms with E-state index in [1.165, 1.54) is 5.56 Å². The molecule has 0 amide bonds. The number of fused-ring (bicyclic) bond motifs is 3. The van der Waals surface area contributed by atoms with Crippen LogP contribution in [-0.4, -0.2) is 53.3 Å². The molecule has 4 heterocycles. The molecule has 9 nitrogen and oxygen atoms in total. The zero-order chi connectivity index (χ0) is 30.7. The number of nitrogens with zero attached hydrogens (tertiary/aromatic N) is 6. The lowest BCUT2D eigenvalue weighted by Crippen LogP contribution is -2.38. The molecule has 2 aliphatic rings. The summed E-state index contributed by atoms with van der Waals surface area (Å²) in [6.45, 7) is 9.62. The van der Waals surface area contributed by atoms with Crippen LogP contribution < -0.4 is 4.90 Å². The molecule has 1 aliphatic carbocycles. The summed E-state index contributed by atoms with van der Waals surface area (Å²) in [4.78, 5) is 18.9. The highest BCUT2D eigenvalue weighted by Gasteiger charge is 2.48. The van der Waals surface area contributed by atoms with Gasteiger partial charge in [-0.25, -0.2) is 9.67 Å². The predicted octanol–water partition coefficient (Wildman–Crippen LogP) is 6.06. The van der Waals surface area contributed by atoms with Gasteiger partial charge in [0.1, 0.15) is 5.82 Å². The van der Waals surface area contributed by atoms with E-state index in [0.29, 0.717) is 13.0 Å². The lowest BCUT2D eigenvalue weighted by molar-refractivity contribution is -0.143. The Kier molecular flexibility index (Phi) is 7.00. The van der Waals surface area contributed by atoms with E-state index in [1.807, 2.05) is 64.9 Å². The van der Waals surface area contributed by atoms with Crippen molar-refractivity contribution in [3.8, 4) is 16.9 Å². The number of hydrogen-bond donors (Lipinski definition) is 2. The van der Waals surface area contributed by atoms with Crippen LogP contribution in [0.3, 0.4) is 0 Å². The van der Waals surface area contributed by atoms with Crippen LogP contribution in [0.1, 0.15) is 61.2 Å². The van der Waals surface area contributed by atoms with Crippen LogP contribution in [-0.2, 0) is 11.3 Å². The Labute approximate surface area is 256 Å². The highest BCUT2D eigenvalue weighted by Crippen LogP contribution is 2.44. The van der Waals surface area contributed by atoms with E-state index in [0.717, 1.165) is 63.6 Å². The minimum absolute atomic E-state index is 0.192. The van der Waals surface area contributed by atoms with Crippen LogP contribution in [0, 0.1) is 25.7 Å². The predicted molar refractivity (Wildman–Crippen MR) is 170 cm³/mol. The number of aliphatic hydroxyl groups is 1. The molecule has 1 saturated heterocycles. The first-order valence-corrected chi connectivity index (χ1v) is 15.5. The molecule has 0 radical (unpaired) electrons. The van der Waals surface area contributed by atoms with Gasteiger partial charge in [-0.15, -0.1) is 0 Å². The van der Waals surface area contributed by atoms with Gasteiger partial charge in [0, 0.05) is 41.0 Å². The highest BCUT2D eigenvalue weighted by atomic mass is 16.4. The molecular weight excluding hydrogens is 552 g/mol. The molecule has 9 heteroatoms. The summed E-state index contributed by atoms with van der Waals surface area (Å²) in [6, 6.07) is 20.2. The van der Waals surface area contributed by atoms with Crippen molar-refractivity contribution in [1.82, 2.24) is 24.5 Å². The van der Waals surface area contributed by atoms with Crippen LogP contribution in [0.5, 0.6) is 0 Å². The molecular formula is C35H38N6O3. The number of aromatic nitrogens is 5. The number of carbonyl (C=O) groups is 1. The summed E-state index contributed by atoms with van der Waals surface area (Å²) < 4.78 is 3.83. The van der Waals surface area contributed by atoms with Crippen molar-refractivity contribution in [3.05, 3.63) is 89.4 Å². The lowest BCUT2D eigenvalue weighted by atomic mass is 9.95. The first-order valence-electron chi connectivity index (χ1n) is 15.5. The van der Waals surface area contributed by atoms with Crippen LogP contribution in [0.2, 0.25) is 0 Å². The highest BCUT2D eigenvalue weighted by molar-refractivity contribution is 5.94. The molecule has 7 rings (SSSR count). The fraction of sp³-hybridized carbons (Fsp3) is 0.371. The van der Waals surface area contributed by atoms with Gasteiger partial charge in [-0.2, -0.15) is 10.2 Å². The third-order valence-electron chi connectivity index (χ3n) is 9.56. The fourth-order valence-electron chi connectivity index (χ4n) is 7.45. The topological polar surface area (TPSA) is 109 Å². The van der Waals surface area contributed by atoms with Crippen LogP contribution in [0.25, 0.3) is 27.8 Å². The second kappa shape index (κ2) is 10.9. The maximum Gasteiger partial charge on any atom is 0.306 e. The van der Waals surface area contributed by atoms with Gasteiger partial charge in [0.25, 0.3) is 0 Å². The van der Waals surface area contributed by atoms with E-state index in [4.69, 9.17) is 15.2 Å². The number of aliphatic carboxylic acids is 1. The Morgan fingerprint density at radius 2 is 1.80 bits per heavy atom. The molecule has 44 heavy (non-hydrogen) atoms. The Morgan fingerprint density at radius 1 is 1.00 bits per heavy atom. The molecule has 3 aromatic heterocycles. The van der Waals surface area contributed by atoms with Crippen LogP contribution in [0.4, 0.5) is 5.82 Å². The molecule has 2 N–H and O–H groups in total. The number of hydrogen-bond acceptors (Lipinski definition) is 6. The Balaban J connectivity index is 1.22. The van der Waals surface area contributed by atoms with E-state index < -0.39 is 12.1 Å².